The Labute approximate surface area is 203 Å². The standard InChI is InChI=1S/C30H50N2O/c1-18-13-27-28(31-17-18)20(3)30(33-27)12-10-23-24-8-7-21-14-22(32(5)6)9-11-29(21,4)26(24)15-25(23)19(2)16-30/h18,20-24,26-28,31H,7-17H2,1-6H3/t18-,20+,21+,22+,23-,24?,26-,27+,28-,29-,30-/m0/s1. The first-order chi connectivity index (χ1) is 15.7. The van der Waals surface area contributed by atoms with Gasteiger partial charge in [-0.3, -0.25) is 0 Å². The molecule has 6 aliphatic rings. The van der Waals surface area contributed by atoms with Crippen molar-refractivity contribution in [2.24, 2.45) is 40.9 Å². The van der Waals surface area contributed by atoms with E-state index >= 15 is 0 Å². The SMILES string of the molecule is CC1=C2C[C@H]3C(CC[C@@H]4C[C@H](N(C)C)CC[C@@]43C)[C@@H]2CC[C@@]2(C1)O[C@@H]1C[C@H](C)CN[C@H]1[C@H]2C. The molecule has 2 saturated heterocycles. The molecule has 1 N–H and O–H groups in total. The smallest absolute Gasteiger partial charge is 0.0765 e. The summed E-state index contributed by atoms with van der Waals surface area (Å²) in [4.78, 5) is 2.51. The first-order valence-corrected chi connectivity index (χ1v) is 14.5. The number of hydrogen-bond acceptors (Lipinski definition) is 3. The lowest BCUT2D eigenvalue weighted by atomic mass is 9.52. The van der Waals surface area contributed by atoms with Gasteiger partial charge in [-0.15, -0.1) is 0 Å². The lowest BCUT2D eigenvalue weighted by Crippen LogP contribution is -2.49. The zero-order valence-electron chi connectivity index (χ0n) is 22.3. The van der Waals surface area contributed by atoms with E-state index in [-0.39, 0.29) is 5.60 Å². The molecule has 3 heteroatoms. The molecule has 33 heavy (non-hydrogen) atoms. The molecule has 4 aliphatic carbocycles. The monoisotopic (exact) mass is 454 g/mol. The third-order valence-electron chi connectivity index (χ3n) is 12.3. The molecule has 0 bridgehead atoms. The van der Waals surface area contributed by atoms with Crippen LogP contribution in [-0.4, -0.2) is 49.3 Å². The molecule has 6 rings (SSSR count). The summed E-state index contributed by atoms with van der Waals surface area (Å²) >= 11 is 0. The van der Waals surface area contributed by atoms with Crippen molar-refractivity contribution >= 4 is 0 Å². The van der Waals surface area contributed by atoms with Gasteiger partial charge < -0.3 is 15.0 Å². The van der Waals surface area contributed by atoms with Crippen LogP contribution in [0.3, 0.4) is 0 Å². The number of nitrogens with one attached hydrogen (secondary N) is 1. The van der Waals surface area contributed by atoms with Gasteiger partial charge in [-0.25, -0.2) is 0 Å². The van der Waals surface area contributed by atoms with Crippen LogP contribution in [0.2, 0.25) is 0 Å². The fourth-order valence-electron chi connectivity index (χ4n) is 10.3. The van der Waals surface area contributed by atoms with Crippen LogP contribution in [0.5, 0.6) is 0 Å². The highest BCUT2D eigenvalue weighted by Crippen LogP contribution is 2.65. The molecule has 0 amide bonds. The van der Waals surface area contributed by atoms with Crippen molar-refractivity contribution in [1.29, 1.82) is 0 Å². The minimum atomic E-state index is 0.0915. The number of ether oxygens (including phenoxy) is 1. The second-order valence-corrected chi connectivity index (χ2v) is 14.1. The fourth-order valence-corrected chi connectivity index (χ4v) is 10.3. The lowest BCUT2D eigenvalue weighted by molar-refractivity contribution is -0.0758. The molecule has 3 nitrogen and oxygen atoms in total. The van der Waals surface area contributed by atoms with E-state index in [2.05, 4.69) is 52.0 Å². The van der Waals surface area contributed by atoms with E-state index in [9.17, 15) is 0 Å². The van der Waals surface area contributed by atoms with Gasteiger partial charge in [0.05, 0.1) is 11.7 Å². The lowest BCUT2D eigenvalue weighted by Gasteiger charge is -2.55. The van der Waals surface area contributed by atoms with Gasteiger partial charge in [0.2, 0.25) is 0 Å². The highest BCUT2D eigenvalue weighted by molar-refractivity contribution is 5.29. The maximum Gasteiger partial charge on any atom is 0.0765 e. The summed E-state index contributed by atoms with van der Waals surface area (Å²) in [6, 6.07) is 1.39. The Hall–Kier alpha value is -0.380. The summed E-state index contributed by atoms with van der Waals surface area (Å²) in [6.45, 7) is 11.3. The van der Waals surface area contributed by atoms with Crippen LogP contribution >= 0.6 is 0 Å². The maximum atomic E-state index is 7.07. The molecule has 5 fully saturated rings. The minimum Gasteiger partial charge on any atom is -0.369 e. The highest BCUT2D eigenvalue weighted by atomic mass is 16.5. The molecule has 2 aliphatic heterocycles. The average molecular weight is 455 g/mol. The summed E-state index contributed by atoms with van der Waals surface area (Å²) < 4.78 is 7.07. The Morgan fingerprint density at radius 1 is 1.03 bits per heavy atom. The zero-order valence-corrected chi connectivity index (χ0v) is 22.3. The maximum absolute atomic E-state index is 7.07. The largest absolute Gasteiger partial charge is 0.369 e. The molecule has 1 spiro atoms. The van der Waals surface area contributed by atoms with E-state index in [0.29, 0.717) is 23.5 Å². The first kappa shape index (κ1) is 23.0. The van der Waals surface area contributed by atoms with Crippen molar-refractivity contribution in [1.82, 2.24) is 10.2 Å². The molecule has 0 aromatic carbocycles. The summed E-state index contributed by atoms with van der Waals surface area (Å²) in [5.41, 5.74) is 4.30. The van der Waals surface area contributed by atoms with Crippen molar-refractivity contribution in [2.75, 3.05) is 20.6 Å². The Bertz CT molecular complexity index is 805. The van der Waals surface area contributed by atoms with E-state index in [1.54, 1.807) is 5.57 Å². The topological polar surface area (TPSA) is 24.5 Å². The zero-order chi connectivity index (χ0) is 23.1. The Kier molecular flexibility index (Phi) is 5.63. The van der Waals surface area contributed by atoms with E-state index in [1.165, 1.54) is 70.8 Å². The van der Waals surface area contributed by atoms with Gasteiger partial charge in [0.25, 0.3) is 0 Å². The van der Waals surface area contributed by atoms with Gasteiger partial charge in [-0.2, -0.15) is 0 Å². The summed E-state index contributed by atoms with van der Waals surface area (Å²) in [5.74, 6) is 5.06. The van der Waals surface area contributed by atoms with Crippen LogP contribution in [0.1, 0.15) is 91.9 Å². The number of allylic oxidation sites excluding steroid dienone is 1. The minimum absolute atomic E-state index is 0.0915. The van der Waals surface area contributed by atoms with Gasteiger partial charge in [-0.1, -0.05) is 31.9 Å². The fraction of sp³-hybridized carbons (Fsp3) is 0.933. The van der Waals surface area contributed by atoms with Gasteiger partial charge >= 0.3 is 0 Å². The summed E-state index contributed by atoms with van der Waals surface area (Å²) in [6.07, 6.45) is 14.2. The third-order valence-corrected chi connectivity index (χ3v) is 12.3. The van der Waals surface area contributed by atoms with Crippen LogP contribution in [0.4, 0.5) is 0 Å². The van der Waals surface area contributed by atoms with Crippen molar-refractivity contribution in [2.45, 2.75) is 116 Å². The number of piperidine rings is 1. The van der Waals surface area contributed by atoms with Crippen molar-refractivity contribution in [3.8, 4) is 0 Å². The van der Waals surface area contributed by atoms with Crippen molar-refractivity contribution in [3.63, 3.8) is 0 Å². The van der Waals surface area contributed by atoms with Crippen LogP contribution in [0.25, 0.3) is 0 Å². The molecular weight excluding hydrogens is 404 g/mol. The number of nitrogens with zero attached hydrogens (tertiary/aromatic N) is 1. The Balaban J connectivity index is 1.25. The van der Waals surface area contributed by atoms with Gasteiger partial charge in [0, 0.05) is 18.0 Å². The van der Waals surface area contributed by atoms with Crippen LogP contribution in [0, 0.1) is 40.9 Å². The van der Waals surface area contributed by atoms with Crippen molar-refractivity contribution < 1.29 is 4.74 Å². The van der Waals surface area contributed by atoms with Crippen molar-refractivity contribution in [3.05, 3.63) is 11.1 Å². The second kappa shape index (κ2) is 8.07. The normalized spacial score (nSPS) is 54.1. The van der Waals surface area contributed by atoms with E-state index < -0.39 is 0 Å². The quantitative estimate of drug-likeness (QED) is 0.489. The van der Waals surface area contributed by atoms with E-state index in [4.69, 9.17) is 4.74 Å². The van der Waals surface area contributed by atoms with Crippen LogP contribution < -0.4 is 5.32 Å². The van der Waals surface area contributed by atoms with Gasteiger partial charge in [0.1, 0.15) is 0 Å². The molecule has 0 aromatic rings. The molecule has 0 radical (unpaired) electrons. The molecular formula is C30H50N2O. The van der Waals surface area contributed by atoms with E-state index in [0.717, 1.165) is 35.6 Å². The van der Waals surface area contributed by atoms with Crippen LogP contribution in [0.15, 0.2) is 11.1 Å². The predicted molar refractivity (Wildman–Crippen MR) is 136 cm³/mol. The predicted octanol–water partition coefficient (Wildman–Crippen LogP) is 6.04. The van der Waals surface area contributed by atoms with Gasteiger partial charge in [0.15, 0.2) is 0 Å². The summed E-state index contributed by atoms with van der Waals surface area (Å²) in [7, 11) is 4.60. The van der Waals surface area contributed by atoms with Crippen LogP contribution in [-0.2, 0) is 4.74 Å². The number of rotatable bonds is 1. The Morgan fingerprint density at radius 2 is 1.85 bits per heavy atom. The molecule has 0 aromatic heterocycles. The summed E-state index contributed by atoms with van der Waals surface area (Å²) in [5, 5.41) is 3.89. The average Bonchev–Trinajstić information content (AvgIpc) is 3.23. The third kappa shape index (κ3) is 3.45. The highest BCUT2D eigenvalue weighted by Gasteiger charge is 2.59. The first-order valence-electron chi connectivity index (χ1n) is 14.5. The van der Waals surface area contributed by atoms with Gasteiger partial charge in [-0.05, 0) is 127 Å². The molecule has 2 heterocycles. The molecule has 186 valence electrons. The molecule has 11 atom stereocenters. The number of fused-ring (bicyclic) bond motifs is 6. The Morgan fingerprint density at radius 3 is 2.64 bits per heavy atom. The van der Waals surface area contributed by atoms with E-state index in [1.807, 2.05) is 5.57 Å². The molecule has 1 unspecified atom stereocenters. The second-order valence-electron chi connectivity index (χ2n) is 14.1. The molecule has 3 saturated carbocycles. The number of hydrogen-bond donors (Lipinski definition) is 1.